The number of carboxylic acids is 1. The van der Waals surface area contributed by atoms with E-state index in [2.05, 4.69) is 5.32 Å². The minimum atomic E-state index is -0.708. The van der Waals surface area contributed by atoms with Crippen LogP contribution < -0.4 is 5.32 Å². The van der Waals surface area contributed by atoms with Gasteiger partial charge in [0.15, 0.2) is 0 Å². The number of carboxylic acid groups (broad SMARTS) is 1. The molecular formula is C7H11NO2S2. The molecule has 1 spiro atoms. The minimum Gasteiger partial charge on any atom is -0.480 e. The summed E-state index contributed by atoms with van der Waals surface area (Å²) in [5.41, 5.74) is 0. The van der Waals surface area contributed by atoms with Crippen LogP contribution in [-0.2, 0) is 4.79 Å². The highest BCUT2D eigenvalue weighted by atomic mass is 32.2. The summed E-state index contributed by atoms with van der Waals surface area (Å²) >= 11 is 3.82. The van der Waals surface area contributed by atoms with Crippen molar-refractivity contribution in [3.63, 3.8) is 0 Å². The van der Waals surface area contributed by atoms with E-state index < -0.39 is 5.97 Å². The third-order valence-corrected chi connectivity index (χ3v) is 5.70. The lowest BCUT2D eigenvalue weighted by Gasteiger charge is -2.18. The van der Waals surface area contributed by atoms with Gasteiger partial charge in [0.05, 0.1) is 4.08 Å². The van der Waals surface area contributed by atoms with E-state index in [-0.39, 0.29) is 10.1 Å². The minimum absolute atomic E-state index is 0.184. The van der Waals surface area contributed by atoms with E-state index in [9.17, 15) is 4.79 Å². The molecule has 2 aliphatic rings. The molecule has 0 aromatic rings. The van der Waals surface area contributed by atoms with Crippen LogP contribution in [0.5, 0.6) is 0 Å². The number of nitrogens with one attached hydrogen (secondary N) is 1. The molecule has 2 heterocycles. The first kappa shape index (κ1) is 8.72. The molecule has 2 N–H and O–H groups in total. The number of hydrogen-bond acceptors (Lipinski definition) is 4. The summed E-state index contributed by atoms with van der Waals surface area (Å²) < 4.78 is 0.184. The topological polar surface area (TPSA) is 49.3 Å². The van der Waals surface area contributed by atoms with Crippen LogP contribution in [0.3, 0.4) is 0 Å². The van der Waals surface area contributed by atoms with Crippen LogP contribution in [0.2, 0.25) is 0 Å². The van der Waals surface area contributed by atoms with Gasteiger partial charge in [-0.2, -0.15) is 0 Å². The Balaban J connectivity index is 2.01. The van der Waals surface area contributed by atoms with Crippen molar-refractivity contribution in [2.45, 2.75) is 16.5 Å². The predicted molar refractivity (Wildman–Crippen MR) is 51.7 cm³/mol. The van der Waals surface area contributed by atoms with Gasteiger partial charge in [-0.1, -0.05) is 0 Å². The van der Waals surface area contributed by atoms with E-state index in [1.54, 1.807) is 0 Å². The quantitative estimate of drug-likeness (QED) is 0.657. The average Bonchev–Trinajstić information content (AvgIpc) is 2.62. The molecule has 0 aromatic carbocycles. The fourth-order valence-corrected chi connectivity index (χ4v) is 4.81. The van der Waals surface area contributed by atoms with Crippen molar-refractivity contribution in [1.29, 1.82) is 0 Å². The first-order valence-electron chi connectivity index (χ1n) is 3.96. The molecule has 2 aliphatic heterocycles. The lowest BCUT2D eigenvalue weighted by atomic mass is 10.2. The molecule has 0 saturated carbocycles. The molecule has 1 atom stereocenters. The van der Waals surface area contributed by atoms with Gasteiger partial charge in [0.1, 0.15) is 6.04 Å². The fraction of sp³-hybridized carbons (Fsp3) is 0.857. The van der Waals surface area contributed by atoms with Crippen LogP contribution in [0.15, 0.2) is 0 Å². The van der Waals surface area contributed by atoms with Gasteiger partial charge in [0.2, 0.25) is 0 Å². The van der Waals surface area contributed by atoms with Crippen molar-refractivity contribution in [1.82, 2.24) is 5.32 Å². The van der Waals surface area contributed by atoms with Crippen LogP contribution in [0.25, 0.3) is 0 Å². The van der Waals surface area contributed by atoms with Crippen molar-refractivity contribution in [3.8, 4) is 0 Å². The highest BCUT2D eigenvalue weighted by Gasteiger charge is 2.44. The molecule has 3 nitrogen and oxygen atoms in total. The molecule has 68 valence electrons. The number of thioether (sulfide) groups is 2. The molecule has 12 heavy (non-hydrogen) atoms. The van der Waals surface area contributed by atoms with Gasteiger partial charge in [0.25, 0.3) is 0 Å². The van der Waals surface area contributed by atoms with Crippen LogP contribution in [-0.4, -0.2) is 39.2 Å². The highest BCUT2D eigenvalue weighted by molar-refractivity contribution is 8.21. The Labute approximate surface area is 79.7 Å². The fourth-order valence-electron chi connectivity index (χ4n) is 1.63. The Morgan fingerprint density at radius 2 is 2.17 bits per heavy atom. The van der Waals surface area contributed by atoms with Gasteiger partial charge in [0, 0.05) is 18.1 Å². The van der Waals surface area contributed by atoms with Crippen molar-refractivity contribution >= 4 is 29.5 Å². The number of aliphatic carboxylic acids is 1. The molecule has 2 rings (SSSR count). The Bertz CT molecular complexity index is 204. The number of carbonyl (C=O) groups is 1. The zero-order chi connectivity index (χ0) is 8.60. The Hall–Kier alpha value is 0.130. The molecule has 1 unspecified atom stereocenters. The maximum absolute atomic E-state index is 10.7. The maximum atomic E-state index is 10.7. The first-order chi connectivity index (χ1) is 5.72. The second kappa shape index (κ2) is 3.12. The average molecular weight is 205 g/mol. The van der Waals surface area contributed by atoms with E-state index in [0.717, 1.165) is 13.0 Å². The molecule has 0 aliphatic carbocycles. The summed E-state index contributed by atoms with van der Waals surface area (Å²) in [5, 5.41) is 11.8. The molecule has 5 heteroatoms. The van der Waals surface area contributed by atoms with Crippen molar-refractivity contribution < 1.29 is 9.90 Å². The van der Waals surface area contributed by atoms with E-state index in [1.165, 1.54) is 11.5 Å². The second-order valence-corrected chi connectivity index (χ2v) is 6.30. The normalized spacial score (nSPS) is 32.8. The monoisotopic (exact) mass is 205 g/mol. The largest absolute Gasteiger partial charge is 0.480 e. The highest BCUT2D eigenvalue weighted by Crippen LogP contribution is 2.48. The summed E-state index contributed by atoms with van der Waals surface area (Å²) in [6, 6.07) is -0.317. The van der Waals surface area contributed by atoms with Gasteiger partial charge < -0.3 is 10.4 Å². The lowest BCUT2D eigenvalue weighted by Crippen LogP contribution is -2.30. The number of hydrogen-bond donors (Lipinski definition) is 2. The molecule has 0 bridgehead atoms. The van der Waals surface area contributed by atoms with E-state index >= 15 is 0 Å². The SMILES string of the molecule is O=C(O)C1CC2(CN1)SCCS2. The Kier molecular flexibility index (Phi) is 2.27. The van der Waals surface area contributed by atoms with Crippen molar-refractivity contribution in [2.24, 2.45) is 0 Å². The summed E-state index contributed by atoms with van der Waals surface area (Å²) in [6.45, 7) is 0.847. The van der Waals surface area contributed by atoms with Gasteiger partial charge in [-0.15, -0.1) is 23.5 Å². The lowest BCUT2D eigenvalue weighted by molar-refractivity contribution is -0.139. The molecule has 0 aromatic heterocycles. The standard InChI is InChI=1S/C7H11NO2S2/c9-6(10)5-3-7(4-8-5)11-1-2-12-7/h5,8H,1-4H2,(H,9,10). The van der Waals surface area contributed by atoms with E-state index in [0.29, 0.717) is 0 Å². The molecule has 0 radical (unpaired) electrons. The van der Waals surface area contributed by atoms with Crippen molar-refractivity contribution in [3.05, 3.63) is 0 Å². The van der Waals surface area contributed by atoms with Crippen molar-refractivity contribution in [2.75, 3.05) is 18.1 Å². The van der Waals surface area contributed by atoms with Gasteiger partial charge >= 0.3 is 5.97 Å². The summed E-state index contributed by atoms with van der Waals surface area (Å²) in [4.78, 5) is 10.7. The van der Waals surface area contributed by atoms with E-state index in [1.807, 2.05) is 23.5 Å². The third kappa shape index (κ3) is 1.45. The third-order valence-electron chi connectivity index (χ3n) is 2.24. The molecule has 2 saturated heterocycles. The summed E-state index contributed by atoms with van der Waals surface area (Å²) in [6.07, 6.45) is 0.775. The summed E-state index contributed by atoms with van der Waals surface area (Å²) in [7, 11) is 0. The Morgan fingerprint density at radius 3 is 2.67 bits per heavy atom. The van der Waals surface area contributed by atoms with Gasteiger partial charge in [-0.25, -0.2) is 0 Å². The van der Waals surface area contributed by atoms with Gasteiger partial charge in [-0.05, 0) is 6.42 Å². The summed E-state index contributed by atoms with van der Waals surface area (Å²) in [5.74, 6) is 1.62. The first-order valence-corrected chi connectivity index (χ1v) is 5.93. The molecule has 0 amide bonds. The van der Waals surface area contributed by atoms with Gasteiger partial charge in [-0.3, -0.25) is 4.79 Å². The predicted octanol–water partition coefficient (Wildman–Crippen LogP) is 0.609. The second-order valence-electron chi connectivity index (χ2n) is 3.08. The Morgan fingerprint density at radius 1 is 1.50 bits per heavy atom. The zero-order valence-electron chi connectivity index (χ0n) is 6.58. The smallest absolute Gasteiger partial charge is 0.320 e. The number of rotatable bonds is 1. The maximum Gasteiger partial charge on any atom is 0.320 e. The van der Waals surface area contributed by atoms with Crippen LogP contribution in [0, 0.1) is 0 Å². The van der Waals surface area contributed by atoms with Crippen LogP contribution >= 0.6 is 23.5 Å². The zero-order valence-corrected chi connectivity index (χ0v) is 8.21. The van der Waals surface area contributed by atoms with Crippen LogP contribution in [0.1, 0.15) is 6.42 Å². The van der Waals surface area contributed by atoms with Crippen LogP contribution in [0.4, 0.5) is 0 Å². The molecular weight excluding hydrogens is 194 g/mol. The van der Waals surface area contributed by atoms with E-state index in [4.69, 9.17) is 5.11 Å². The molecule has 2 fully saturated rings.